The minimum atomic E-state index is -0.515. The Hall–Kier alpha value is -1.53. The Labute approximate surface area is 98.4 Å². The van der Waals surface area contributed by atoms with Gasteiger partial charge in [0.15, 0.2) is 6.61 Å². The molecular weight excluding hydrogens is 231 g/mol. The molecule has 0 atom stereocenters. The lowest BCUT2D eigenvalue weighted by Gasteiger charge is -1.96. The summed E-state index contributed by atoms with van der Waals surface area (Å²) in [7, 11) is 0. The molecule has 1 rings (SSSR count). The lowest BCUT2D eigenvalue weighted by atomic mass is 10.2. The summed E-state index contributed by atoms with van der Waals surface area (Å²) in [6.45, 7) is 1.71. The van der Waals surface area contributed by atoms with Crippen molar-refractivity contribution in [1.29, 1.82) is 0 Å². The molecule has 0 saturated carbocycles. The van der Waals surface area contributed by atoms with Crippen LogP contribution in [0.1, 0.15) is 18.9 Å². The Bertz CT molecular complexity index is 446. The summed E-state index contributed by atoms with van der Waals surface area (Å²) in [4.78, 5) is 10.8. The molecule has 0 aromatic heterocycles. The largest absolute Gasteiger partial charge is 0.452 e. The predicted molar refractivity (Wildman–Crippen MR) is 59.5 cm³/mol. The zero-order valence-electron chi connectivity index (χ0n) is 8.72. The number of hydrogen-bond donors (Lipinski definition) is 0. The second-order valence-electron chi connectivity index (χ2n) is 2.94. The molecule has 0 bridgehead atoms. The number of rotatable bonds is 2. The maximum absolute atomic E-state index is 13.0. The first-order valence-corrected chi connectivity index (χ1v) is 5.11. The maximum atomic E-state index is 13.0. The van der Waals surface area contributed by atoms with E-state index in [4.69, 9.17) is 16.3 Å². The minimum absolute atomic E-state index is 0.0108. The van der Waals surface area contributed by atoms with E-state index < -0.39 is 5.82 Å². The molecular formula is C12H10ClFO2. The van der Waals surface area contributed by atoms with E-state index in [0.29, 0.717) is 12.0 Å². The van der Waals surface area contributed by atoms with Crippen molar-refractivity contribution >= 4 is 17.6 Å². The highest BCUT2D eigenvalue weighted by molar-refractivity contribution is 6.30. The highest BCUT2D eigenvalue weighted by Gasteiger charge is 1.98. The fourth-order valence-electron chi connectivity index (χ4n) is 0.931. The molecule has 1 aromatic rings. The van der Waals surface area contributed by atoms with Crippen LogP contribution in [0.25, 0.3) is 0 Å². The van der Waals surface area contributed by atoms with E-state index in [1.807, 2.05) is 0 Å². The van der Waals surface area contributed by atoms with Crippen LogP contribution >= 0.6 is 11.6 Å². The van der Waals surface area contributed by atoms with Crippen LogP contribution in [0, 0.1) is 17.7 Å². The molecule has 4 heteroatoms. The number of carbonyl (C=O) groups excluding carboxylic acids is 1. The number of carbonyl (C=O) groups is 1. The molecule has 0 fully saturated rings. The Balaban J connectivity index is 2.56. The van der Waals surface area contributed by atoms with Crippen molar-refractivity contribution in [3.05, 3.63) is 34.6 Å². The lowest BCUT2D eigenvalue weighted by molar-refractivity contribution is -0.141. The molecule has 84 valence electrons. The second kappa shape index (κ2) is 6.14. The third kappa shape index (κ3) is 3.92. The SMILES string of the molecule is CCC(=O)OCC#Cc1ccc(Cl)c(F)c1. The summed E-state index contributed by atoms with van der Waals surface area (Å²) in [6.07, 6.45) is 0.317. The van der Waals surface area contributed by atoms with Crippen molar-refractivity contribution in [1.82, 2.24) is 0 Å². The first-order chi connectivity index (χ1) is 7.63. The average molecular weight is 241 g/mol. The van der Waals surface area contributed by atoms with Gasteiger partial charge < -0.3 is 4.74 Å². The molecule has 0 amide bonds. The van der Waals surface area contributed by atoms with E-state index in [1.165, 1.54) is 12.1 Å². The van der Waals surface area contributed by atoms with Gasteiger partial charge in [-0.3, -0.25) is 4.79 Å². The van der Waals surface area contributed by atoms with Gasteiger partial charge in [-0.05, 0) is 18.2 Å². The van der Waals surface area contributed by atoms with Gasteiger partial charge in [-0.15, -0.1) is 0 Å². The van der Waals surface area contributed by atoms with Crippen LogP contribution in [-0.2, 0) is 9.53 Å². The Kier molecular flexibility index (Phi) is 4.81. The maximum Gasteiger partial charge on any atom is 0.306 e. The molecule has 0 radical (unpaired) electrons. The van der Waals surface area contributed by atoms with Gasteiger partial charge in [0.1, 0.15) is 5.82 Å². The molecule has 0 aliphatic rings. The van der Waals surface area contributed by atoms with Crippen molar-refractivity contribution in [3.63, 3.8) is 0 Å². The average Bonchev–Trinajstić information content (AvgIpc) is 2.28. The van der Waals surface area contributed by atoms with Gasteiger partial charge in [0.05, 0.1) is 5.02 Å². The molecule has 0 spiro atoms. The number of benzene rings is 1. The zero-order valence-corrected chi connectivity index (χ0v) is 9.47. The number of hydrogen-bond acceptors (Lipinski definition) is 2. The third-order valence-electron chi connectivity index (χ3n) is 1.75. The summed E-state index contributed by atoms with van der Waals surface area (Å²) in [6, 6.07) is 4.26. The van der Waals surface area contributed by atoms with Crippen LogP contribution in [0.3, 0.4) is 0 Å². The second-order valence-corrected chi connectivity index (χ2v) is 3.35. The molecule has 2 nitrogen and oxygen atoms in total. The monoisotopic (exact) mass is 240 g/mol. The molecule has 1 aromatic carbocycles. The van der Waals surface area contributed by atoms with E-state index in [9.17, 15) is 9.18 Å². The normalized spacial score (nSPS) is 9.19. The van der Waals surface area contributed by atoms with E-state index in [2.05, 4.69) is 11.8 Å². The fourth-order valence-corrected chi connectivity index (χ4v) is 1.05. The van der Waals surface area contributed by atoms with Crippen molar-refractivity contribution in [2.45, 2.75) is 13.3 Å². The van der Waals surface area contributed by atoms with Crippen LogP contribution < -0.4 is 0 Å². The number of esters is 1. The van der Waals surface area contributed by atoms with Gasteiger partial charge in [0.25, 0.3) is 0 Å². The highest BCUT2D eigenvalue weighted by Crippen LogP contribution is 2.14. The lowest BCUT2D eigenvalue weighted by Crippen LogP contribution is -2.01. The summed E-state index contributed by atoms with van der Waals surface area (Å²) in [5.41, 5.74) is 0.495. The van der Waals surface area contributed by atoms with E-state index >= 15 is 0 Å². The van der Waals surface area contributed by atoms with Crippen molar-refractivity contribution < 1.29 is 13.9 Å². The van der Waals surface area contributed by atoms with Crippen LogP contribution in [0.15, 0.2) is 18.2 Å². The summed E-state index contributed by atoms with van der Waals surface area (Å²) in [5.74, 6) is 4.45. The third-order valence-corrected chi connectivity index (χ3v) is 2.05. The Morgan fingerprint density at radius 3 is 2.94 bits per heavy atom. The smallest absolute Gasteiger partial charge is 0.306 e. The van der Waals surface area contributed by atoms with Gasteiger partial charge in [-0.1, -0.05) is 30.4 Å². The number of ether oxygens (including phenoxy) is 1. The Morgan fingerprint density at radius 2 is 2.31 bits per heavy atom. The van der Waals surface area contributed by atoms with Crippen LogP contribution in [-0.4, -0.2) is 12.6 Å². The van der Waals surface area contributed by atoms with E-state index in [1.54, 1.807) is 13.0 Å². The van der Waals surface area contributed by atoms with E-state index in [-0.39, 0.29) is 17.6 Å². The molecule has 0 saturated heterocycles. The molecule has 16 heavy (non-hydrogen) atoms. The van der Waals surface area contributed by atoms with Crippen LogP contribution in [0.2, 0.25) is 5.02 Å². The zero-order chi connectivity index (χ0) is 12.0. The van der Waals surface area contributed by atoms with Crippen LogP contribution in [0.4, 0.5) is 4.39 Å². The molecule has 0 unspecified atom stereocenters. The van der Waals surface area contributed by atoms with Crippen molar-refractivity contribution in [3.8, 4) is 11.8 Å². The fraction of sp³-hybridized carbons (Fsp3) is 0.250. The minimum Gasteiger partial charge on any atom is -0.452 e. The summed E-state index contributed by atoms with van der Waals surface area (Å²) >= 11 is 5.51. The first-order valence-electron chi connectivity index (χ1n) is 4.73. The predicted octanol–water partition coefficient (Wildman–Crippen LogP) is 2.78. The van der Waals surface area contributed by atoms with Gasteiger partial charge in [-0.2, -0.15) is 0 Å². The summed E-state index contributed by atoms with van der Waals surface area (Å²) < 4.78 is 17.7. The van der Waals surface area contributed by atoms with E-state index in [0.717, 1.165) is 0 Å². The van der Waals surface area contributed by atoms with Crippen molar-refractivity contribution in [2.75, 3.05) is 6.61 Å². The topological polar surface area (TPSA) is 26.3 Å². The number of halogens is 2. The van der Waals surface area contributed by atoms with Crippen LogP contribution in [0.5, 0.6) is 0 Å². The van der Waals surface area contributed by atoms with Gasteiger partial charge in [-0.25, -0.2) is 4.39 Å². The quantitative estimate of drug-likeness (QED) is 0.587. The van der Waals surface area contributed by atoms with Gasteiger partial charge in [0, 0.05) is 12.0 Å². The molecule has 0 N–H and O–H groups in total. The molecule has 0 aliphatic heterocycles. The summed E-state index contributed by atoms with van der Waals surface area (Å²) in [5, 5.41) is 0.0583. The first kappa shape index (κ1) is 12.5. The standard InChI is InChI=1S/C12H10ClFO2/c1-2-12(15)16-7-3-4-9-5-6-10(13)11(14)8-9/h5-6,8H,2,7H2,1H3. The van der Waals surface area contributed by atoms with Crippen molar-refractivity contribution in [2.24, 2.45) is 0 Å². The Morgan fingerprint density at radius 1 is 1.56 bits per heavy atom. The molecule has 0 heterocycles. The van der Waals surface area contributed by atoms with Gasteiger partial charge >= 0.3 is 5.97 Å². The van der Waals surface area contributed by atoms with Gasteiger partial charge in [0.2, 0.25) is 0 Å². The highest BCUT2D eigenvalue weighted by atomic mass is 35.5. The molecule has 0 aliphatic carbocycles.